The molecule has 0 aliphatic heterocycles. The molecule has 3 N–H and O–H groups in total. The van der Waals surface area contributed by atoms with Gasteiger partial charge in [-0.3, -0.25) is 4.79 Å². The minimum Gasteiger partial charge on any atom is -0.368 e. The second kappa shape index (κ2) is 7.41. The van der Waals surface area contributed by atoms with Gasteiger partial charge in [0.25, 0.3) is 0 Å². The van der Waals surface area contributed by atoms with E-state index in [2.05, 4.69) is 5.32 Å². The van der Waals surface area contributed by atoms with Gasteiger partial charge in [-0.25, -0.2) is 0 Å². The highest BCUT2D eigenvalue weighted by Crippen LogP contribution is 2.26. The predicted molar refractivity (Wildman–Crippen MR) is 80.6 cm³/mol. The number of nitrogens with one attached hydrogen (secondary N) is 1. The number of benzene rings is 1. The number of rotatable bonds is 5. The van der Waals surface area contributed by atoms with Crippen LogP contribution in [0.2, 0.25) is 0 Å². The molecule has 0 bridgehead atoms. The van der Waals surface area contributed by atoms with Gasteiger partial charge in [-0.15, -0.1) is 0 Å². The number of carbonyl (C=O) groups excluding carboxylic acids is 1. The van der Waals surface area contributed by atoms with Crippen molar-refractivity contribution in [2.75, 3.05) is 18.5 Å². The predicted octanol–water partition coefficient (Wildman–Crippen LogP) is 2.47. The maximum Gasteiger partial charge on any atom is 0.250 e. The number of hydrogen-bond acceptors (Lipinski definition) is 3. The van der Waals surface area contributed by atoms with Gasteiger partial charge >= 0.3 is 0 Å². The number of hydrogen-bond donors (Lipinski definition) is 2. The van der Waals surface area contributed by atoms with Crippen LogP contribution in [0, 0.1) is 12.8 Å². The minimum absolute atomic E-state index is 0.0966. The fourth-order valence-electron chi connectivity index (χ4n) is 2.74. The molecule has 1 aromatic carbocycles. The normalized spacial score (nSPS) is 22.5. The first-order chi connectivity index (χ1) is 9.70. The third-order valence-electron chi connectivity index (χ3n) is 3.99. The summed E-state index contributed by atoms with van der Waals surface area (Å²) in [5.41, 5.74) is 7.66. The van der Waals surface area contributed by atoms with E-state index in [0.717, 1.165) is 24.1 Å². The van der Waals surface area contributed by atoms with Crippen LogP contribution in [-0.2, 0) is 9.53 Å². The summed E-state index contributed by atoms with van der Waals surface area (Å²) in [6.45, 7) is 2.72. The summed E-state index contributed by atoms with van der Waals surface area (Å²) < 4.78 is 5.77. The van der Waals surface area contributed by atoms with Crippen molar-refractivity contribution in [1.82, 2.24) is 0 Å². The monoisotopic (exact) mass is 276 g/mol. The van der Waals surface area contributed by atoms with Crippen LogP contribution in [0.3, 0.4) is 0 Å². The van der Waals surface area contributed by atoms with Gasteiger partial charge in [-0.1, -0.05) is 31.0 Å². The molecule has 4 heteroatoms. The molecule has 110 valence electrons. The Morgan fingerprint density at radius 1 is 1.35 bits per heavy atom. The van der Waals surface area contributed by atoms with Crippen molar-refractivity contribution in [1.29, 1.82) is 0 Å². The molecule has 1 amide bonds. The highest BCUT2D eigenvalue weighted by Gasteiger charge is 2.25. The van der Waals surface area contributed by atoms with E-state index in [1.54, 1.807) is 0 Å². The fourth-order valence-corrected chi connectivity index (χ4v) is 2.74. The summed E-state index contributed by atoms with van der Waals surface area (Å²) in [5, 5.41) is 2.89. The maximum absolute atomic E-state index is 11.9. The van der Waals surface area contributed by atoms with E-state index < -0.39 is 0 Å². The summed E-state index contributed by atoms with van der Waals surface area (Å²) in [4.78, 5) is 11.9. The van der Waals surface area contributed by atoms with Gasteiger partial charge in [0.2, 0.25) is 5.91 Å². The van der Waals surface area contributed by atoms with Crippen molar-refractivity contribution < 1.29 is 9.53 Å². The average Bonchev–Trinajstić information content (AvgIpc) is 2.48. The Bertz CT molecular complexity index is 448. The van der Waals surface area contributed by atoms with E-state index in [9.17, 15) is 4.79 Å². The van der Waals surface area contributed by atoms with Crippen molar-refractivity contribution in [3.63, 3.8) is 0 Å². The standard InChI is InChI=1S/C16H24N2O2/c1-12-6-2-4-8-14(12)18-16(19)11-20-15-9-5-3-7-13(15)10-17/h2,4,6,8,13,15H,3,5,7,9-11,17H2,1H3,(H,18,19). The Balaban J connectivity index is 1.81. The number of amides is 1. The molecule has 0 aromatic heterocycles. The Morgan fingerprint density at radius 2 is 2.10 bits per heavy atom. The van der Waals surface area contributed by atoms with Gasteiger partial charge < -0.3 is 15.8 Å². The van der Waals surface area contributed by atoms with Gasteiger partial charge in [0.1, 0.15) is 6.61 Å². The van der Waals surface area contributed by atoms with E-state index in [1.807, 2.05) is 31.2 Å². The lowest BCUT2D eigenvalue weighted by Gasteiger charge is -2.30. The molecule has 0 spiro atoms. The highest BCUT2D eigenvalue weighted by molar-refractivity contribution is 5.92. The molecule has 0 saturated heterocycles. The molecular formula is C16H24N2O2. The summed E-state index contributed by atoms with van der Waals surface area (Å²) in [5.74, 6) is 0.302. The summed E-state index contributed by atoms with van der Waals surface area (Å²) in [7, 11) is 0. The van der Waals surface area contributed by atoms with Crippen LogP contribution in [0.4, 0.5) is 5.69 Å². The maximum atomic E-state index is 11.9. The lowest BCUT2D eigenvalue weighted by Crippen LogP contribution is -2.35. The van der Waals surface area contributed by atoms with Crippen LogP contribution < -0.4 is 11.1 Å². The average molecular weight is 276 g/mol. The number of anilines is 1. The number of ether oxygens (including phenoxy) is 1. The van der Waals surface area contributed by atoms with E-state index >= 15 is 0 Å². The first-order valence-corrected chi connectivity index (χ1v) is 7.38. The van der Waals surface area contributed by atoms with Gasteiger partial charge in [-0.05, 0) is 43.9 Å². The zero-order chi connectivity index (χ0) is 14.4. The molecule has 2 unspecified atom stereocenters. The number of para-hydroxylation sites is 1. The smallest absolute Gasteiger partial charge is 0.250 e. The van der Waals surface area contributed by atoms with Crippen molar-refractivity contribution in [2.45, 2.75) is 38.7 Å². The Kier molecular flexibility index (Phi) is 5.56. The van der Waals surface area contributed by atoms with Gasteiger partial charge in [0.15, 0.2) is 0 Å². The molecule has 1 aliphatic carbocycles. The van der Waals surface area contributed by atoms with Crippen molar-refractivity contribution in [3.05, 3.63) is 29.8 Å². The Hall–Kier alpha value is -1.39. The molecule has 0 heterocycles. The van der Waals surface area contributed by atoms with E-state index in [0.29, 0.717) is 12.5 Å². The largest absolute Gasteiger partial charge is 0.368 e. The van der Waals surface area contributed by atoms with Crippen LogP contribution in [-0.4, -0.2) is 25.2 Å². The first-order valence-electron chi connectivity index (χ1n) is 7.38. The first kappa shape index (κ1) is 15.0. The molecule has 4 nitrogen and oxygen atoms in total. The van der Waals surface area contributed by atoms with Crippen LogP contribution in [0.5, 0.6) is 0 Å². The Morgan fingerprint density at radius 3 is 2.85 bits per heavy atom. The fraction of sp³-hybridized carbons (Fsp3) is 0.562. The molecule has 1 fully saturated rings. The quantitative estimate of drug-likeness (QED) is 0.868. The molecule has 1 saturated carbocycles. The Labute approximate surface area is 120 Å². The zero-order valence-electron chi connectivity index (χ0n) is 12.1. The van der Waals surface area contributed by atoms with E-state index in [-0.39, 0.29) is 18.6 Å². The number of aryl methyl sites for hydroxylation is 1. The second-order valence-corrected chi connectivity index (χ2v) is 5.49. The summed E-state index contributed by atoms with van der Waals surface area (Å²) in [6, 6.07) is 7.74. The van der Waals surface area contributed by atoms with Gasteiger partial charge in [-0.2, -0.15) is 0 Å². The molecule has 20 heavy (non-hydrogen) atoms. The molecule has 2 atom stereocenters. The van der Waals surface area contributed by atoms with Crippen LogP contribution in [0.25, 0.3) is 0 Å². The summed E-state index contributed by atoms with van der Waals surface area (Å²) >= 11 is 0. The zero-order valence-corrected chi connectivity index (χ0v) is 12.1. The van der Waals surface area contributed by atoms with E-state index in [4.69, 9.17) is 10.5 Å². The van der Waals surface area contributed by atoms with Crippen LogP contribution in [0.1, 0.15) is 31.2 Å². The molecule has 1 aliphatic rings. The van der Waals surface area contributed by atoms with Gasteiger partial charge in [0, 0.05) is 5.69 Å². The van der Waals surface area contributed by atoms with Crippen molar-refractivity contribution >= 4 is 11.6 Å². The van der Waals surface area contributed by atoms with E-state index in [1.165, 1.54) is 12.8 Å². The third-order valence-corrected chi connectivity index (χ3v) is 3.99. The van der Waals surface area contributed by atoms with Crippen LogP contribution in [0.15, 0.2) is 24.3 Å². The lowest BCUT2D eigenvalue weighted by molar-refractivity contribution is -0.124. The number of nitrogens with two attached hydrogens (primary N) is 1. The van der Waals surface area contributed by atoms with Gasteiger partial charge in [0.05, 0.1) is 6.10 Å². The highest BCUT2D eigenvalue weighted by atomic mass is 16.5. The topological polar surface area (TPSA) is 64.3 Å². The third kappa shape index (κ3) is 4.05. The summed E-state index contributed by atoms with van der Waals surface area (Å²) in [6.07, 6.45) is 4.65. The molecule has 1 aromatic rings. The molecule has 2 rings (SSSR count). The number of carbonyl (C=O) groups is 1. The molecular weight excluding hydrogens is 252 g/mol. The SMILES string of the molecule is Cc1ccccc1NC(=O)COC1CCCCC1CN. The van der Waals surface area contributed by atoms with Crippen molar-refractivity contribution in [2.24, 2.45) is 11.7 Å². The minimum atomic E-state index is -0.0966. The second-order valence-electron chi connectivity index (χ2n) is 5.49. The van der Waals surface area contributed by atoms with Crippen molar-refractivity contribution in [3.8, 4) is 0 Å². The van der Waals surface area contributed by atoms with Crippen LogP contribution >= 0.6 is 0 Å². The lowest BCUT2D eigenvalue weighted by atomic mass is 9.86. The molecule has 0 radical (unpaired) electrons.